The minimum absolute atomic E-state index is 0.0879. The molecule has 1 aromatic heterocycles. The first-order valence-electron chi connectivity index (χ1n) is 8.46. The SMILES string of the molecule is COc1cc(C(=O)OCc2cc(=O)oc3cc(C)c(C)cc23)cc(Cl)c1OC. The van der Waals surface area contributed by atoms with Gasteiger partial charge in [-0.25, -0.2) is 9.59 Å². The molecule has 3 aromatic rings. The molecule has 7 heteroatoms. The molecule has 0 saturated carbocycles. The maximum atomic E-state index is 12.5. The molecule has 0 unspecified atom stereocenters. The van der Waals surface area contributed by atoms with Crippen molar-refractivity contribution in [1.29, 1.82) is 0 Å². The highest BCUT2D eigenvalue weighted by Gasteiger charge is 2.17. The van der Waals surface area contributed by atoms with Gasteiger partial charge in [-0.05, 0) is 49.2 Å². The summed E-state index contributed by atoms with van der Waals surface area (Å²) in [5.41, 5.74) is 2.77. The summed E-state index contributed by atoms with van der Waals surface area (Å²) in [6, 6.07) is 7.95. The molecule has 146 valence electrons. The van der Waals surface area contributed by atoms with Crippen LogP contribution in [0, 0.1) is 13.8 Å². The van der Waals surface area contributed by atoms with Gasteiger partial charge in [0.2, 0.25) is 0 Å². The summed E-state index contributed by atoms with van der Waals surface area (Å²) in [5.74, 6) is 0.0464. The summed E-state index contributed by atoms with van der Waals surface area (Å²) in [5, 5.41) is 0.951. The molecule has 28 heavy (non-hydrogen) atoms. The van der Waals surface area contributed by atoms with Crippen molar-refractivity contribution < 1.29 is 23.4 Å². The van der Waals surface area contributed by atoms with Crippen molar-refractivity contribution >= 4 is 28.5 Å². The van der Waals surface area contributed by atoms with Gasteiger partial charge in [0.15, 0.2) is 11.5 Å². The van der Waals surface area contributed by atoms with Gasteiger partial charge in [0.1, 0.15) is 12.2 Å². The van der Waals surface area contributed by atoms with E-state index in [-0.39, 0.29) is 17.2 Å². The molecule has 0 bridgehead atoms. The van der Waals surface area contributed by atoms with Gasteiger partial charge in [0.05, 0.1) is 24.8 Å². The Labute approximate surface area is 166 Å². The number of esters is 1. The van der Waals surface area contributed by atoms with Gasteiger partial charge in [-0.2, -0.15) is 0 Å². The predicted molar refractivity (Wildman–Crippen MR) is 106 cm³/mol. The van der Waals surface area contributed by atoms with Crippen LogP contribution in [0.2, 0.25) is 5.02 Å². The van der Waals surface area contributed by atoms with Crippen molar-refractivity contribution in [3.05, 3.63) is 68.0 Å². The lowest BCUT2D eigenvalue weighted by atomic mass is 10.0. The van der Waals surface area contributed by atoms with Gasteiger partial charge in [-0.3, -0.25) is 0 Å². The summed E-state index contributed by atoms with van der Waals surface area (Å²) in [6.07, 6.45) is 0. The van der Waals surface area contributed by atoms with Crippen molar-refractivity contribution in [1.82, 2.24) is 0 Å². The zero-order chi connectivity index (χ0) is 20.4. The predicted octanol–water partition coefficient (Wildman–Crippen LogP) is 4.44. The lowest BCUT2D eigenvalue weighted by Crippen LogP contribution is -2.09. The first-order chi connectivity index (χ1) is 13.3. The molecular formula is C21H19ClO6. The van der Waals surface area contributed by atoms with Gasteiger partial charge < -0.3 is 18.6 Å². The monoisotopic (exact) mass is 402 g/mol. The highest BCUT2D eigenvalue weighted by molar-refractivity contribution is 6.32. The van der Waals surface area contributed by atoms with E-state index in [0.717, 1.165) is 16.5 Å². The summed E-state index contributed by atoms with van der Waals surface area (Å²) < 4.78 is 21.0. The molecule has 2 aromatic carbocycles. The fourth-order valence-corrected chi connectivity index (χ4v) is 3.15. The number of fused-ring (bicyclic) bond motifs is 1. The number of carbonyl (C=O) groups is 1. The van der Waals surface area contributed by atoms with Gasteiger partial charge in [0, 0.05) is 17.0 Å². The van der Waals surface area contributed by atoms with Crippen molar-refractivity contribution in [2.75, 3.05) is 14.2 Å². The number of hydrogen-bond donors (Lipinski definition) is 0. The second-order valence-corrected chi connectivity index (χ2v) is 6.70. The fraction of sp³-hybridized carbons (Fsp3) is 0.238. The quantitative estimate of drug-likeness (QED) is 0.464. The summed E-state index contributed by atoms with van der Waals surface area (Å²) >= 11 is 6.14. The first-order valence-corrected chi connectivity index (χ1v) is 8.84. The molecule has 0 N–H and O–H groups in total. The second kappa shape index (κ2) is 7.94. The van der Waals surface area contributed by atoms with Crippen LogP contribution in [0.3, 0.4) is 0 Å². The van der Waals surface area contributed by atoms with E-state index in [1.165, 1.54) is 32.4 Å². The van der Waals surface area contributed by atoms with E-state index in [2.05, 4.69) is 0 Å². The summed E-state index contributed by atoms with van der Waals surface area (Å²) in [4.78, 5) is 24.4. The molecule has 0 atom stereocenters. The number of hydrogen-bond acceptors (Lipinski definition) is 6. The molecule has 0 radical (unpaired) electrons. The van der Waals surface area contributed by atoms with E-state index >= 15 is 0 Å². The number of halogens is 1. The van der Waals surface area contributed by atoms with Crippen molar-refractivity contribution in [2.24, 2.45) is 0 Å². The third-order valence-corrected chi connectivity index (χ3v) is 4.75. The Hall–Kier alpha value is -2.99. The molecule has 0 spiro atoms. The lowest BCUT2D eigenvalue weighted by Gasteiger charge is -2.12. The molecule has 0 fully saturated rings. The van der Waals surface area contributed by atoms with Crippen LogP contribution < -0.4 is 15.1 Å². The van der Waals surface area contributed by atoms with Crippen LogP contribution in [-0.4, -0.2) is 20.2 Å². The molecule has 0 amide bonds. The number of benzene rings is 2. The summed E-state index contributed by atoms with van der Waals surface area (Å²) in [7, 11) is 2.90. The van der Waals surface area contributed by atoms with Gasteiger partial charge in [-0.15, -0.1) is 0 Å². The Morgan fingerprint density at radius 1 is 1.04 bits per heavy atom. The normalized spacial score (nSPS) is 10.8. The summed E-state index contributed by atoms with van der Waals surface area (Å²) in [6.45, 7) is 3.80. The number of rotatable bonds is 5. The van der Waals surface area contributed by atoms with Crippen LogP contribution in [0.1, 0.15) is 27.0 Å². The van der Waals surface area contributed by atoms with Crippen molar-refractivity contribution in [3.63, 3.8) is 0 Å². The number of methoxy groups -OCH3 is 2. The third kappa shape index (κ3) is 3.82. The standard InChI is InChI=1S/C21H19ClO6/c1-11-5-15-14(9-19(23)28-17(15)6-12(11)2)10-27-21(24)13-7-16(22)20(26-4)18(8-13)25-3/h5-9H,10H2,1-4H3. The average Bonchev–Trinajstić information content (AvgIpc) is 2.66. The van der Waals surface area contributed by atoms with Crippen LogP contribution in [0.5, 0.6) is 11.5 Å². The van der Waals surface area contributed by atoms with Crippen LogP contribution in [0.25, 0.3) is 11.0 Å². The van der Waals surface area contributed by atoms with E-state index in [4.69, 9.17) is 30.2 Å². The Balaban J connectivity index is 1.90. The molecule has 0 saturated heterocycles. The highest BCUT2D eigenvalue weighted by Crippen LogP contribution is 2.36. The molecule has 0 aliphatic heterocycles. The third-order valence-electron chi connectivity index (χ3n) is 4.47. The van der Waals surface area contributed by atoms with Crippen molar-refractivity contribution in [2.45, 2.75) is 20.5 Å². The lowest BCUT2D eigenvalue weighted by molar-refractivity contribution is 0.0473. The largest absolute Gasteiger partial charge is 0.493 e. The molecule has 6 nitrogen and oxygen atoms in total. The van der Waals surface area contributed by atoms with E-state index in [1.54, 1.807) is 6.07 Å². The van der Waals surface area contributed by atoms with Gasteiger partial charge >= 0.3 is 11.6 Å². The molecule has 1 heterocycles. The molecular weight excluding hydrogens is 384 g/mol. The van der Waals surface area contributed by atoms with Crippen LogP contribution in [-0.2, 0) is 11.3 Å². The first kappa shape index (κ1) is 19.8. The Morgan fingerprint density at radius 3 is 2.43 bits per heavy atom. The van der Waals surface area contributed by atoms with E-state index < -0.39 is 11.6 Å². The van der Waals surface area contributed by atoms with Crippen LogP contribution >= 0.6 is 11.6 Å². The number of carbonyl (C=O) groups excluding carboxylic acids is 1. The Bertz CT molecular complexity index is 1120. The average molecular weight is 403 g/mol. The van der Waals surface area contributed by atoms with Gasteiger partial charge in [0.25, 0.3) is 0 Å². The maximum Gasteiger partial charge on any atom is 0.338 e. The smallest absolute Gasteiger partial charge is 0.338 e. The van der Waals surface area contributed by atoms with E-state index in [0.29, 0.717) is 22.6 Å². The minimum Gasteiger partial charge on any atom is -0.493 e. The zero-order valence-corrected chi connectivity index (χ0v) is 16.7. The number of aryl methyl sites for hydroxylation is 2. The zero-order valence-electron chi connectivity index (χ0n) is 15.9. The van der Waals surface area contributed by atoms with Gasteiger partial charge in [-0.1, -0.05) is 11.6 Å². The second-order valence-electron chi connectivity index (χ2n) is 6.29. The Morgan fingerprint density at radius 2 is 1.75 bits per heavy atom. The van der Waals surface area contributed by atoms with Crippen molar-refractivity contribution in [3.8, 4) is 11.5 Å². The Kier molecular flexibility index (Phi) is 5.61. The van der Waals surface area contributed by atoms with Crippen LogP contribution in [0.15, 0.2) is 39.5 Å². The molecule has 0 aliphatic carbocycles. The van der Waals surface area contributed by atoms with E-state index in [9.17, 15) is 9.59 Å². The fourth-order valence-electron chi connectivity index (χ4n) is 2.86. The minimum atomic E-state index is -0.604. The van der Waals surface area contributed by atoms with E-state index in [1.807, 2.05) is 19.9 Å². The maximum absolute atomic E-state index is 12.5. The highest BCUT2D eigenvalue weighted by atomic mass is 35.5. The van der Waals surface area contributed by atoms with Crippen LogP contribution in [0.4, 0.5) is 0 Å². The number of ether oxygens (including phenoxy) is 3. The topological polar surface area (TPSA) is 75.0 Å². The molecule has 0 aliphatic rings. The molecule has 3 rings (SSSR count).